The van der Waals surface area contributed by atoms with E-state index in [1.165, 1.54) is 5.69 Å². The van der Waals surface area contributed by atoms with Crippen molar-refractivity contribution < 1.29 is 0 Å². The minimum atomic E-state index is 1.00. The molecule has 0 saturated carbocycles. The Labute approximate surface area is 97.2 Å². The summed E-state index contributed by atoms with van der Waals surface area (Å²) in [6.07, 6.45) is 4.09. The number of aromatic nitrogens is 4. The van der Waals surface area contributed by atoms with E-state index in [-0.39, 0.29) is 0 Å². The summed E-state index contributed by atoms with van der Waals surface area (Å²) >= 11 is 1.67. The van der Waals surface area contributed by atoms with Gasteiger partial charge in [0.05, 0.1) is 11.4 Å². The maximum absolute atomic E-state index is 4.61. The first-order chi connectivity index (χ1) is 7.65. The van der Waals surface area contributed by atoms with Crippen LogP contribution in [0.15, 0.2) is 17.8 Å². The van der Waals surface area contributed by atoms with Crippen LogP contribution in [0.1, 0.15) is 11.4 Å². The van der Waals surface area contributed by atoms with Crippen molar-refractivity contribution >= 4 is 16.3 Å². The van der Waals surface area contributed by atoms with Crippen LogP contribution in [0.3, 0.4) is 0 Å². The lowest BCUT2D eigenvalue weighted by Crippen LogP contribution is -1.86. The van der Waals surface area contributed by atoms with Crippen molar-refractivity contribution in [2.24, 2.45) is 7.05 Å². The minimum Gasteiger partial charge on any atom is -0.294 e. The molecule has 5 heteroatoms. The van der Waals surface area contributed by atoms with Gasteiger partial charge in [0.1, 0.15) is 0 Å². The molecular weight excluding hydrogens is 220 g/mol. The van der Waals surface area contributed by atoms with Gasteiger partial charge in [-0.2, -0.15) is 5.10 Å². The summed E-state index contributed by atoms with van der Waals surface area (Å²) in [6, 6.07) is 0. The molecule has 3 aromatic rings. The molecule has 3 heterocycles. The van der Waals surface area contributed by atoms with Gasteiger partial charge >= 0.3 is 0 Å². The van der Waals surface area contributed by atoms with E-state index < -0.39 is 0 Å². The zero-order valence-electron chi connectivity index (χ0n) is 9.43. The lowest BCUT2D eigenvalue weighted by molar-refractivity contribution is 0.756. The van der Waals surface area contributed by atoms with Crippen molar-refractivity contribution in [1.29, 1.82) is 0 Å². The van der Waals surface area contributed by atoms with E-state index in [4.69, 9.17) is 0 Å². The smallest absolute Gasteiger partial charge is 0.194 e. The highest BCUT2D eigenvalue weighted by Crippen LogP contribution is 2.24. The van der Waals surface area contributed by atoms with E-state index in [9.17, 15) is 0 Å². The van der Waals surface area contributed by atoms with Gasteiger partial charge in [-0.3, -0.25) is 9.08 Å². The topological polar surface area (TPSA) is 35.1 Å². The summed E-state index contributed by atoms with van der Waals surface area (Å²) in [7, 11) is 1.93. The van der Waals surface area contributed by atoms with E-state index in [2.05, 4.69) is 33.0 Å². The fraction of sp³-hybridized carbons (Fsp3) is 0.273. The molecule has 0 aliphatic carbocycles. The molecule has 0 saturated heterocycles. The third-order valence-electron chi connectivity index (χ3n) is 2.68. The molecule has 3 aromatic heterocycles. The largest absolute Gasteiger partial charge is 0.294 e. The van der Waals surface area contributed by atoms with Gasteiger partial charge in [-0.05, 0) is 13.8 Å². The van der Waals surface area contributed by atoms with Gasteiger partial charge in [0.2, 0.25) is 0 Å². The van der Waals surface area contributed by atoms with E-state index in [0.717, 1.165) is 21.9 Å². The van der Waals surface area contributed by atoms with E-state index >= 15 is 0 Å². The van der Waals surface area contributed by atoms with Crippen molar-refractivity contribution in [3.63, 3.8) is 0 Å². The highest BCUT2D eigenvalue weighted by Gasteiger charge is 2.11. The monoisotopic (exact) mass is 232 g/mol. The van der Waals surface area contributed by atoms with Gasteiger partial charge in [0.15, 0.2) is 4.96 Å². The lowest BCUT2D eigenvalue weighted by Gasteiger charge is -1.90. The average molecular weight is 232 g/mol. The molecule has 0 atom stereocenters. The van der Waals surface area contributed by atoms with Gasteiger partial charge in [-0.1, -0.05) is 0 Å². The molecule has 4 nitrogen and oxygen atoms in total. The van der Waals surface area contributed by atoms with Crippen LogP contribution in [0.2, 0.25) is 0 Å². The quantitative estimate of drug-likeness (QED) is 0.646. The average Bonchev–Trinajstić information content (AvgIpc) is 2.84. The Hall–Kier alpha value is -1.62. The molecule has 0 bridgehead atoms. The molecular formula is C11H12N4S. The maximum Gasteiger partial charge on any atom is 0.194 e. The zero-order chi connectivity index (χ0) is 11.3. The van der Waals surface area contributed by atoms with Crippen LogP contribution in [0, 0.1) is 13.8 Å². The third kappa shape index (κ3) is 1.28. The Morgan fingerprint density at radius 3 is 2.69 bits per heavy atom. The third-order valence-corrected chi connectivity index (χ3v) is 3.64. The van der Waals surface area contributed by atoms with Crippen LogP contribution in [0.25, 0.3) is 16.2 Å². The van der Waals surface area contributed by atoms with Crippen LogP contribution in [-0.2, 0) is 7.05 Å². The highest BCUT2D eigenvalue weighted by molar-refractivity contribution is 7.15. The predicted molar refractivity (Wildman–Crippen MR) is 64.7 cm³/mol. The Morgan fingerprint density at radius 2 is 2.06 bits per heavy atom. The zero-order valence-corrected chi connectivity index (χ0v) is 10.2. The first-order valence-electron chi connectivity index (χ1n) is 5.09. The van der Waals surface area contributed by atoms with Crippen LogP contribution < -0.4 is 0 Å². The Balaban J connectivity index is 2.22. The maximum atomic E-state index is 4.61. The molecule has 0 unspecified atom stereocenters. The van der Waals surface area contributed by atoms with E-state index in [0.29, 0.717) is 0 Å². The van der Waals surface area contributed by atoms with Gasteiger partial charge in [-0.25, -0.2) is 4.98 Å². The van der Waals surface area contributed by atoms with Gasteiger partial charge in [0, 0.05) is 36.1 Å². The summed E-state index contributed by atoms with van der Waals surface area (Å²) in [4.78, 5) is 5.64. The number of hydrogen-bond acceptors (Lipinski definition) is 3. The first kappa shape index (κ1) is 9.59. The molecule has 3 rings (SSSR count). The number of rotatable bonds is 1. The van der Waals surface area contributed by atoms with Crippen molar-refractivity contribution in [3.8, 4) is 11.3 Å². The normalized spacial score (nSPS) is 11.4. The summed E-state index contributed by atoms with van der Waals surface area (Å²) in [5, 5.41) is 6.45. The van der Waals surface area contributed by atoms with Crippen LogP contribution >= 0.6 is 11.3 Å². The SMILES string of the molecule is Cc1nn(C)cc1-c1cn2c(C)csc2n1. The molecule has 82 valence electrons. The van der Waals surface area contributed by atoms with Crippen molar-refractivity contribution in [1.82, 2.24) is 19.2 Å². The fourth-order valence-electron chi connectivity index (χ4n) is 1.87. The Morgan fingerprint density at radius 1 is 1.25 bits per heavy atom. The van der Waals surface area contributed by atoms with Crippen molar-refractivity contribution in [2.75, 3.05) is 0 Å². The predicted octanol–water partition coefficient (Wildman–Crippen LogP) is 2.41. The van der Waals surface area contributed by atoms with Gasteiger partial charge in [-0.15, -0.1) is 11.3 Å². The van der Waals surface area contributed by atoms with Crippen molar-refractivity contribution in [3.05, 3.63) is 29.2 Å². The second kappa shape index (κ2) is 3.18. The standard InChI is InChI=1S/C11H12N4S/c1-7-6-16-11-12-10(5-15(7)11)9-4-14(3)13-8(9)2/h4-6H,1-3H3. The van der Waals surface area contributed by atoms with E-state index in [1.54, 1.807) is 11.3 Å². The van der Waals surface area contributed by atoms with Gasteiger partial charge < -0.3 is 0 Å². The number of nitrogens with zero attached hydrogens (tertiary/aromatic N) is 4. The molecule has 0 radical (unpaired) electrons. The van der Waals surface area contributed by atoms with Crippen molar-refractivity contribution in [2.45, 2.75) is 13.8 Å². The highest BCUT2D eigenvalue weighted by atomic mass is 32.1. The molecule has 0 aliphatic rings. The first-order valence-corrected chi connectivity index (χ1v) is 5.97. The fourth-order valence-corrected chi connectivity index (χ4v) is 2.73. The number of hydrogen-bond donors (Lipinski definition) is 0. The summed E-state index contributed by atoms with van der Waals surface area (Å²) in [5.41, 5.74) is 4.35. The molecule has 0 fully saturated rings. The summed E-state index contributed by atoms with van der Waals surface area (Å²) < 4.78 is 3.94. The summed E-state index contributed by atoms with van der Waals surface area (Å²) in [6.45, 7) is 4.10. The molecule has 0 spiro atoms. The number of fused-ring (bicyclic) bond motifs is 1. The molecule has 16 heavy (non-hydrogen) atoms. The second-order valence-corrected chi connectivity index (χ2v) is 4.79. The second-order valence-electron chi connectivity index (χ2n) is 3.96. The Bertz CT molecular complexity index is 659. The number of aryl methyl sites for hydroxylation is 3. The van der Waals surface area contributed by atoms with Crippen LogP contribution in [-0.4, -0.2) is 19.2 Å². The molecule has 0 aromatic carbocycles. The van der Waals surface area contributed by atoms with Crippen LogP contribution in [0.4, 0.5) is 0 Å². The number of imidazole rings is 1. The number of thiazole rings is 1. The molecule has 0 amide bonds. The summed E-state index contributed by atoms with van der Waals surface area (Å²) in [5.74, 6) is 0. The molecule has 0 aliphatic heterocycles. The molecule has 0 N–H and O–H groups in total. The van der Waals surface area contributed by atoms with E-state index in [1.807, 2.05) is 24.9 Å². The van der Waals surface area contributed by atoms with Crippen LogP contribution in [0.5, 0.6) is 0 Å². The lowest BCUT2D eigenvalue weighted by atomic mass is 10.2. The minimum absolute atomic E-state index is 1.00. The van der Waals surface area contributed by atoms with Gasteiger partial charge in [0.25, 0.3) is 0 Å². The Kier molecular flexibility index (Phi) is 1.91.